The van der Waals surface area contributed by atoms with Crippen LogP contribution in [0.2, 0.25) is 5.02 Å². The van der Waals surface area contributed by atoms with E-state index in [9.17, 15) is 4.79 Å². The predicted molar refractivity (Wildman–Crippen MR) is 107 cm³/mol. The van der Waals surface area contributed by atoms with Crippen LogP contribution in [0.25, 0.3) is 0 Å². The standard InChI is InChI=1S/C19H22ClN3O.ClH/c1-13(14-5-3-2-4-6-14)22-18-8-7-16(11-17(18)20)23-19(24)15-9-10-21-12-15;/h2-8,11,13,15,21-22H,9-10,12H2,1H3,(H,23,24);1H. The van der Waals surface area contributed by atoms with Gasteiger partial charge in [-0.1, -0.05) is 41.9 Å². The molecule has 1 aliphatic heterocycles. The summed E-state index contributed by atoms with van der Waals surface area (Å²) in [4.78, 5) is 12.2. The normalized spacial score (nSPS) is 17.4. The van der Waals surface area contributed by atoms with Gasteiger partial charge in [-0.3, -0.25) is 4.79 Å². The van der Waals surface area contributed by atoms with Crippen LogP contribution in [-0.4, -0.2) is 19.0 Å². The van der Waals surface area contributed by atoms with Crippen molar-refractivity contribution in [3.05, 3.63) is 59.1 Å². The van der Waals surface area contributed by atoms with E-state index in [2.05, 4.69) is 35.0 Å². The molecule has 3 rings (SSSR count). The van der Waals surface area contributed by atoms with Crippen LogP contribution in [0.15, 0.2) is 48.5 Å². The minimum absolute atomic E-state index is 0. The van der Waals surface area contributed by atoms with Crippen molar-refractivity contribution in [3.63, 3.8) is 0 Å². The van der Waals surface area contributed by atoms with Crippen LogP contribution in [0, 0.1) is 5.92 Å². The zero-order valence-electron chi connectivity index (χ0n) is 14.1. The molecule has 0 radical (unpaired) electrons. The lowest BCUT2D eigenvalue weighted by molar-refractivity contribution is -0.119. The molecule has 0 aliphatic carbocycles. The van der Waals surface area contributed by atoms with Gasteiger partial charge in [-0.15, -0.1) is 12.4 Å². The zero-order valence-corrected chi connectivity index (χ0v) is 15.7. The Morgan fingerprint density at radius 3 is 2.64 bits per heavy atom. The van der Waals surface area contributed by atoms with Gasteiger partial charge in [-0.05, 0) is 43.7 Å². The Morgan fingerprint density at radius 2 is 2.00 bits per heavy atom. The van der Waals surface area contributed by atoms with Gasteiger partial charge < -0.3 is 16.0 Å². The van der Waals surface area contributed by atoms with E-state index in [0.29, 0.717) is 5.02 Å². The molecule has 3 N–H and O–H groups in total. The summed E-state index contributed by atoms with van der Waals surface area (Å²) in [5.41, 5.74) is 2.78. The number of rotatable bonds is 5. The zero-order chi connectivity index (χ0) is 16.9. The Morgan fingerprint density at radius 1 is 1.24 bits per heavy atom. The smallest absolute Gasteiger partial charge is 0.228 e. The molecule has 25 heavy (non-hydrogen) atoms. The fourth-order valence-corrected chi connectivity index (χ4v) is 3.13. The van der Waals surface area contributed by atoms with Crippen molar-refractivity contribution in [3.8, 4) is 0 Å². The molecule has 1 aliphatic rings. The molecule has 2 aromatic carbocycles. The van der Waals surface area contributed by atoms with Crippen LogP contribution in [0.5, 0.6) is 0 Å². The highest BCUT2D eigenvalue weighted by atomic mass is 35.5. The van der Waals surface area contributed by atoms with E-state index in [-0.39, 0.29) is 30.3 Å². The lowest BCUT2D eigenvalue weighted by atomic mass is 10.1. The van der Waals surface area contributed by atoms with Crippen LogP contribution < -0.4 is 16.0 Å². The van der Waals surface area contributed by atoms with E-state index < -0.39 is 0 Å². The molecule has 0 bridgehead atoms. The molecular weight excluding hydrogens is 357 g/mol. The van der Waals surface area contributed by atoms with E-state index >= 15 is 0 Å². The van der Waals surface area contributed by atoms with Gasteiger partial charge in [0, 0.05) is 18.3 Å². The van der Waals surface area contributed by atoms with Gasteiger partial charge in [0.15, 0.2) is 0 Å². The van der Waals surface area contributed by atoms with E-state index in [0.717, 1.165) is 30.9 Å². The SMILES string of the molecule is CC(Nc1ccc(NC(=O)C2CCNC2)cc1Cl)c1ccccc1.Cl. The topological polar surface area (TPSA) is 53.2 Å². The third-order valence-corrected chi connectivity index (χ3v) is 4.65. The van der Waals surface area contributed by atoms with Crippen LogP contribution in [0.4, 0.5) is 11.4 Å². The van der Waals surface area contributed by atoms with E-state index in [1.165, 1.54) is 5.56 Å². The largest absolute Gasteiger partial charge is 0.377 e. The number of hydrogen-bond donors (Lipinski definition) is 3. The maximum absolute atomic E-state index is 12.2. The number of carbonyl (C=O) groups is 1. The van der Waals surface area contributed by atoms with E-state index in [1.807, 2.05) is 30.3 Å². The molecule has 1 saturated heterocycles. The Kier molecular flexibility index (Phi) is 7.12. The molecular formula is C19H23Cl2N3O. The number of nitrogens with one attached hydrogen (secondary N) is 3. The molecule has 134 valence electrons. The Balaban J connectivity index is 0.00000225. The molecule has 6 heteroatoms. The lowest BCUT2D eigenvalue weighted by Crippen LogP contribution is -2.24. The summed E-state index contributed by atoms with van der Waals surface area (Å²) in [6.45, 7) is 3.74. The van der Waals surface area contributed by atoms with Crippen molar-refractivity contribution in [2.45, 2.75) is 19.4 Å². The van der Waals surface area contributed by atoms with E-state index in [4.69, 9.17) is 11.6 Å². The van der Waals surface area contributed by atoms with Gasteiger partial charge >= 0.3 is 0 Å². The van der Waals surface area contributed by atoms with Gasteiger partial charge in [0.25, 0.3) is 0 Å². The van der Waals surface area contributed by atoms with Crippen LogP contribution in [0.1, 0.15) is 24.9 Å². The highest BCUT2D eigenvalue weighted by Crippen LogP contribution is 2.29. The number of amides is 1. The molecule has 1 amide bonds. The molecule has 4 nitrogen and oxygen atoms in total. The van der Waals surface area contributed by atoms with Gasteiger partial charge in [0.1, 0.15) is 0 Å². The summed E-state index contributed by atoms with van der Waals surface area (Å²) in [7, 11) is 0. The quantitative estimate of drug-likeness (QED) is 0.717. The highest BCUT2D eigenvalue weighted by molar-refractivity contribution is 6.33. The molecule has 0 saturated carbocycles. The number of anilines is 2. The van der Waals surface area contributed by atoms with Crippen LogP contribution in [0.3, 0.4) is 0 Å². The second-order valence-electron chi connectivity index (χ2n) is 6.15. The molecule has 0 spiro atoms. The second kappa shape index (κ2) is 9.09. The third-order valence-electron chi connectivity index (χ3n) is 4.34. The lowest BCUT2D eigenvalue weighted by Gasteiger charge is -2.18. The molecule has 1 fully saturated rings. The van der Waals surface area contributed by atoms with E-state index in [1.54, 1.807) is 6.07 Å². The number of halogens is 2. The Labute approximate surface area is 159 Å². The van der Waals surface area contributed by atoms with Crippen molar-refractivity contribution in [2.24, 2.45) is 5.92 Å². The van der Waals surface area contributed by atoms with Crippen molar-refractivity contribution in [1.82, 2.24) is 5.32 Å². The maximum Gasteiger partial charge on any atom is 0.228 e. The second-order valence-corrected chi connectivity index (χ2v) is 6.56. The number of benzene rings is 2. The first-order chi connectivity index (χ1) is 11.6. The minimum Gasteiger partial charge on any atom is -0.377 e. The fourth-order valence-electron chi connectivity index (χ4n) is 2.89. The molecule has 0 aromatic heterocycles. The van der Waals surface area contributed by atoms with Crippen LogP contribution in [-0.2, 0) is 4.79 Å². The average molecular weight is 380 g/mol. The predicted octanol–water partition coefficient (Wildman–Crippen LogP) is 4.48. The Bertz CT molecular complexity index is 703. The van der Waals surface area contributed by atoms with Crippen molar-refractivity contribution < 1.29 is 4.79 Å². The summed E-state index contributed by atoms with van der Waals surface area (Å²) < 4.78 is 0. The van der Waals surface area contributed by atoms with Crippen LogP contribution >= 0.6 is 24.0 Å². The van der Waals surface area contributed by atoms with Crippen molar-refractivity contribution in [1.29, 1.82) is 0 Å². The first-order valence-electron chi connectivity index (χ1n) is 8.26. The Hall–Kier alpha value is -1.75. The first-order valence-corrected chi connectivity index (χ1v) is 8.64. The monoisotopic (exact) mass is 379 g/mol. The van der Waals surface area contributed by atoms with Gasteiger partial charge in [0.05, 0.1) is 16.6 Å². The summed E-state index contributed by atoms with van der Waals surface area (Å²) in [6.07, 6.45) is 0.883. The van der Waals surface area contributed by atoms with Crippen molar-refractivity contribution >= 4 is 41.3 Å². The highest BCUT2D eigenvalue weighted by Gasteiger charge is 2.22. The number of carbonyl (C=O) groups excluding carboxylic acids is 1. The molecule has 1 heterocycles. The maximum atomic E-state index is 12.2. The third kappa shape index (κ3) is 5.11. The molecule has 2 unspecified atom stereocenters. The molecule has 2 aromatic rings. The average Bonchev–Trinajstić information content (AvgIpc) is 3.13. The summed E-state index contributed by atoms with van der Waals surface area (Å²) in [6, 6.07) is 15.9. The van der Waals surface area contributed by atoms with Gasteiger partial charge in [-0.2, -0.15) is 0 Å². The summed E-state index contributed by atoms with van der Waals surface area (Å²) in [5, 5.41) is 10.2. The minimum atomic E-state index is 0. The summed E-state index contributed by atoms with van der Waals surface area (Å²) in [5.74, 6) is 0.0918. The van der Waals surface area contributed by atoms with Gasteiger partial charge in [0.2, 0.25) is 5.91 Å². The fraction of sp³-hybridized carbons (Fsp3) is 0.316. The number of hydrogen-bond acceptors (Lipinski definition) is 3. The van der Waals surface area contributed by atoms with Crippen molar-refractivity contribution in [2.75, 3.05) is 23.7 Å². The summed E-state index contributed by atoms with van der Waals surface area (Å²) >= 11 is 6.38. The molecule has 2 atom stereocenters. The first kappa shape index (κ1) is 19.6. The van der Waals surface area contributed by atoms with Gasteiger partial charge in [-0.25, -0.2) is 0 Å².